The molecule has 19 heteroatoms. The maximum absolute atomic E-state index is 12.6. The molecule has 0 saturated carbocycles. The second-order valence-corrected chi connectivity index (χ2v) is 30.3. The second kappa shape index (κ2) is 31.2. The number of fused-ring (bicyclic) bond motifs is 4. The van der Waals surface area contributed by atoms with Crippen LogP contribution in [0.1, 0.15) is 135 Å². The molecule has 0 aliphatic rings. The van der Waals surface area contributed by atoms with Crippen molar-refractivity contribution in [2.45, 2.75) is 83.1 Å². The van der Waals surface area contributed by atoms with Crippen LogP contribution in [0.2, 0.25) is 0 Å². The van der Waals surface area contributed by atoms with Gasteiger partial charge in [-0.15, -0.1) is 11.3 Å². The molecule has 7 aromatic carbocycles. The molecule has 0 fully saturated rings. The van der Waals surface area contributed by atoms with Gasteiger partial charge in [0.1, 0.15) is 28.7 Å². The number of Topliss-reactive ketones (excluding diaryl/α,β-unsaturated/α-hetero) is 4. The Morgan fingerprint density at radius 3 is 1.50 bits per heavy atom. The Kier molecular flexibility index (Phi) is 22.5. The molecular formula is C84H88N10O8S. The molecule has 11 N–H and O–H groups in total. The molecular weight excluding hydrogens is 1310 g/mol. The minimum Gasteiger partial charge on any atom is -0.491 e. The van der Waals surface area contributed by atoms with Crippen LogP contribution >= 0.6 is 11.3 Å². The van der Waals surface area contributed by atoms with Crippen LogP contribution in [0.25, 0.3) is 87.4 Å². The summed E-state index contributed by atoms with van der Waals surface area (Å²) in [6, 6.07) is 58.8. The van der Waals surface area contributed by atoms with Crippen molar-refractivity contribution < 1.29 is 38.6 Å². The van der Waals surface area contributed by atoms with Crippen molar-refractivity contribution in [1.82, 2.24) is 29.9 Å². The lowest BCUT2D eigenvalue weighted by Gasteiger charge is -2.16. The van der Waals surface area contributed by atoms with Gasteiger partial charge in [0.05, 0.1) is 41.8 Å². The molecule has 1 amide bonds. The number of nitrogen functional groups attached to an aromatic ring is 3. The number of nitrogens with two attached hydrogens (primary N) is 3. The first kappa shape index (κ1) is 74.3. The molecule has 13 rings (SSSR count). The number of aromatic nitrogens is 6. The van der Waals surface area contributed by atoms with Crippen LogP contribution in [0.4, 0.5) is 22.7 Å². The van der Waals surface area contributed by atoms with E-state index in [0.29, 0.717) is 53.6 Å². The summed E-state index contributed by atoms with van der Waals surface area (Å²) in [7, 11) is 0. The average Bonchev–Trinajstić information content (AvgIpc) is 1.81. The maximum Gasteiger partial charge on any atom is 0.255 e. The predicted molar refractivity (Wildman–Crippen MR) is 418 cm³/mol. The number of pyridine rings is 2. The van der Waals surface area contributed by atoms with E-state index in [1.807, 2.05) is 241 Å². The third-order valence-electron chi connectivity index (χ3n) is 16.6. The largest absolute Gasteiger partial charge is 0.491 e. The number of nitrogens with one attached hydrogen (secondary N) is 4. The van der Waals surface area contributed by atoms with Crippen molar-refractivity contribution in [1.29, 1.82) is 0 Å². The Balaban J connectivity index is 0.000000149. The first-order chi connectivity index (χ1) is 48.8. The molecule has 103 heavy (non-hydrogen) atoms. The van der Waals surface area contributed by atoms with Crippen molar-refractivity contribution in [3.63, 3.8) is 0 Å². The zero-order valence-electron chi connectivity index (χ0n) is 60.2. The number of aliphatic hydroxyl groups is 1. The Morgan fingerprint density at radius 2 is 0.932 bits per heavy atom. The number of thiazole rings is 1. The smallest absolute Gasteiger partial charge is 0.255 e. The van der Waals surface area contributed by atoms with Crippen LogP contribution in [0, 0.1) is 21.7 Å². The molecule has 13 aromatic rings. The molecule has 0 aliphatic heterocycles. The number of hydrogen-bond acceptors (Lipinski definition) is 15. The molecule has 0 radical (unpaired) electrons. The van der Waals surface area contributed by atoms with Crippen LogP contribution in [0.5, 0.6) is 5.75 Å². The Labute approximate surface area is 603 Å². The van der Waals surface area contributed by atoms with Gasteiger partial charge in [-0.05, 0) is 168 Å². The summed E-state index contributed by atoms with van der Waals surface area (Å²) >= 11 is 1.57. The number of ketones is 4. The van der Waals surface area contributed by atoms with Gasteiger partial charge in [0.15, 0.2) is 23.1 Å². The molecule has 0 aliphatic carbocycles. The number of carbonyl (C=O) groups excluding carboxylic acids is 5. The van der Waals surface area contributed by atoms with Crippen LogP contribution in [-0.2, 0) is 4.74 Å². The Hall–Kier alpha value is -11.4. The number of aliphatic hydroxyl groups excluding tert-OH is 1. The van der Waals surface area contributed by atoms with E-state index >= 15 is 0 Å². The summed E-state index contributed by atoms with van der Waals surface area (Å²) in [5.41, 5.74) is 31.8. The number of hydrogen-bond donors (Lipinski definition) is 8. The minimum atomic E-state index is -0.434. The van der Waals surface area contributed by atoms with E-state index in [-0.39, 0.29) is 35.6 Å². The van der Waals surface area contributed by atoms with Crippen molar-refractivity contribution in [3.8, 4) is 50.1 Å². The standard InChI is InChI=1S/C25H23N3O2S.C23H27NO4.2C18H19N3O/c1-25(2,3)22(29)17-8-13-21-20(14-17)28-24(31-21)16-6-11-19(12-7-16)27-23(30)15-4-9-18(26)10-5-15;1-23(2,3)22(26)18-5-4-17-14-20(24-21(17)15-18)16-6-8-19(9-7-16)28-13-12-27-11-10-25;1-18(2,3)16(22)13-8-12-9-15(21-17(12)20-10-13)11-4-6-14(19)7-5-11;1-18(2,3)17(22)15-9-12-8-14(21-16(12)10-20-15)11-4-6-13(19)7-5-11/h4-14H,26H2,1-3H3,(H,27,30);4-9,14-15,24-25H,10-13H2,1-3H3;4-10H,19H2,1-3H3,(H,20,21);4-10,21H,19H2,1-3H3. The number of ether oxygens (including phenoxy) is 2. The van der Waals surface area contributed by atoms with E-state index in [9.17, 15) is 24.0 Å². The van der Waals surface area contributed by atoms with E-state index in [0.717, 1.165) is 110 Å². The monoisotopic (exact) mass is 1400 g/mol. The zero-order valence-corrected chi connectivity index (χ0v) is 61.0. The number of carbonyl (C=O) groups is 5. The second-order valence-electron chi connectivity index (χ2n) is 29.3. The lowest BCUT2D eigenvalue weighted by atomic mass is 9.86. The van der Waals surface area contributed by atoms with Gasteiger partial charge >= 0.3 is 0 Å². The lowest BCUT2D eigenvalue weighted by Crippen LogP contribution is -2.21. The van der Waals surface area contributed by atoms with E-state index in [2.05, 4.69) is 36.3 Å². The first-order valence-corrected chi connectivity index (χ1v) is 34.7. The third kappa shape index (κ3) is 19.0. The minimum absolute atomic E-state index is 0.0189. The van der Waals surface area contributed by atoms with Gasteiger partial charge in [-0.1, -0.05) is 119 Å². The fraction of sp³-hybridized carbons (Fsp3) is 0.238. The lowest BCUT2D eigenvalue weighted by molar-refractivity contribution is 0.0705. The predicted octanol–water partition coefficient (Wildman–Crippen LogP) is 18.6. The highest BCUT2D eigenvalue weighted by atomic mass is 32.1. The topological polar surface area (TPSA) is 300 Å². The molecule has 0 spiro atoms. The highest BCUT2D eigenvalue weighted by Crippen LogP contribution is 2.35. The van der Waals surface area contributed by atoms with E-state index < -0.39 is 21.7 Å². The van der Waals surface area contributed by atoms with E-state index in [1.165, 1.54) is 0 Å². The maximum atomic E-state index is 12.6. The molecule has 0 atom stereocenters. The number of nitrogens with zero attached hydrogens (tertiary/aromatic N) is 3. The summed E-state index contributed by atoms with van der Waals surface area (Å²) < 4.78 is 11.8. The van der Waals surface area contributed by atoms with Crippen LogP contribution in [0.15, 0.2) is 200 Å². The molecule has 6 heterocycles. The van der Waals surface area contributed by atoms with Gasteiger partial charge in [-0.3, -0.25) is 29.0 Å². The fourth-order valence-electron chi connectivity index (χ4n) is 10.9. The summed E-state index contributed by atoms with van der Waals surface area (Å²) in [6.07, 6.45) is 3.36. The van der Waals surface area contributed by atoms with Crippen LogP contribution in [0.3, 0.4) is 0 Å². The van der Waals surface area contributed by atoms with Crippen molar-refractivity contribution in [3.05, 3.63) is 228 Å². The number of H-pyrrole nitrogens is 3. The number of rotatable bonds is 16. The van der Waals surface area contributed by atoms with E-state index in [4.69, 9.17) is 36.8 Å². The van der Waals surface area contributed by atoms with Crippen molar-refractivity contribution in [2.24, 2.45) is 21.7 Å². The van der Waals surface area contributed by atoms with Gasteiger partial charge in [-0.2, -0.15) is 0 Å². The zero-order chi connectivity index (χ0) is 74.1. The normalized spacial score (nSPS) is 11.7. The van der Waals surface area contributed by atoms with Crippen molar-refractivity contribution >= 4 is 106 Å². The molecule has 0 bridgehead atoms. The average molecular weight is 1400 g/mol. The third-order valence-corrected chi connectivity index (χ3v) is 17.7. The first-order valence-electron chi connectivity index (χ1n) is 33.9. The highest BCUT2D eigenvalue weighted by Gasteiger charge is 2.27. The molecule has 0 saturated heterocycles. The van der Waals surface area contributed by atoms with Gasteiger partial charge in [-0.25, -0.2) is 9.97 Å². The van der Waals surface area contributed by atoms with E-state index in [1.54, 1.807) is 48.0 Å². The number of aromatic amines is 3. The van der Waals surface area contributed by atoms with Gasteiger partial charge < -0.3 is 52.0 Å². The molecule has 0 unspecified atom stereocenters. The molecule has 6 aromatic heterocycles. The van der Waals surface area contributed by atoms with Gasteiger partial charge in [0.25, 0.3) is 5.91 Å². The SMILES string of the molecule is CC(C)(C)C(=O)c1cc2cc(-c3ccc(N)cc3)[nH]c2cn1.CC(C)(C)C(=O)c1ccc2cc(-c3ccc(OCCOCCO)cc3)[nH]c2c1.CC(C)(C)C(=O)c1ccc2sc(-c3ccc(NC(=O)c4ccc(N)cc4)cc3)nc2c1.CC(C)(C)C(=O)c1cnc2[nH]c(-c3ccc(N)cc3)cc2c1. The number of benzene rings is 7. The van der Waals surface area contributed by atoms with Crippen LogP contribution < -0.4 is 27.3 Å². The Morgan fingerprint density at radius 1 is 0.447 bits per heavy atom. The fourth-order valence-corrected chi connectivity index (χ4v) is 11.8. The van der Waals surface area contributed by atoms with Crippen LogP contribution in [-0.4, -0.2) is 90.5 Å². The molecule has 18 nitrogen and oxygen atoms in total. The summed E-state index contributed by atoms with van der Waals surface area (Å²) in [4.78, 5) is 85.5. The van der Waals surface area contributed by atoms with Gasteiger partial charge in [0.2, 0.25) is 0 Å². The Bertz CT molecular complexity index is 5030. The van der Waals surface area contributed by atoms with Gasteiger partial charge in [0, 0.05) is 117 Å². The quantitative estimate of drug-likeness (QED) is 0.0254. The summed E-state index contributed by atoms with van der Waals surface area (Å²) in [5, 5.41) is 15.4. The highest BCUT2D eigenvalue weighted by molar-refractivity contribution is 7.21. The number of anilines is 4. The summed E-state index contributed by atoms with van der Waals surface area (Å²) in [5.74, 6) is 0.955. The summed E-state index contributed by atoms with van der Waals surface area (Å²) in [6.45, 7) is 24.2. The number of amides is 1. The van der Waals surface area contributed by atoms with Crippen molar-refractivity contribution in [2.75, 3.05) is 48.9 Å². The molecule has 528 valence electrons.